The molecular formula is C18H22F3N5O2. The lowest BCUT2D eigenvalue weighted by atomic mass is 10.1. The number of likely N-dealkylation sites (tertiary alicyclic amines) is 1. The zero-order valence-corrected chi connectivity index (χ0v) is 15.2. The molecule has 1 aliphatic rings. The summed E-state index contributed by atoms with van der Waals surface area (Å²) < 4.78 is 40.6. The monoisotopic (exact) mass is 397 g/mol. The fourth-order valence-electron chi connectivity index (χ4n) is 3.48. The van der Waals surface area contributed by atoms with Crippen molar-refractivity contribution in [1.82, 2.24) is 19.7 Å². The van der Waals surface area contributed by atoms with Gasteiger partial charge in [-0.05, 0) is 50.4 Å². The van der Waals surface area contributed by atoms with Gasteiger partial charge in [0, 0.05) is 12.6 Å². The molecule has 28 heavy (non-hydrogen) atoms. The molecule has 0 radical (unpaired) electrons. The summed E-state index contributed by atoms with van der Waals surface area (Å²) in [7, 11) is 0. The molecule has 1 saturated heterocycles. The average Bonchev–Trinajstić information content (AvgIpc) is 3.31. The number of nitrogens with zero attached hydrogens (tertiary/aromatic N) is 4. The Labute approximate surface area is 160 Å². The highest BCUT2D eigenvalue weighted by molar-refractivity contribution is 5.94. The molecule has 2 heterocycles. The predicted molar refractivity (Wildman–Crippen MR) is 95.9 cm³/mol. The molecule has 152 valence electrons. The Morgan fingerprint density at radius 1 is 1.36 bits per heavy atom. The maximum Gasteiger partial charge on any atom is 0.416 e. The topological polar surface area (TPSA) is 83.3 Å². The lowest BCUT2D eigenvalue weighted by Gasteiger charge is -2.24. The summed E-state index contributed by atoms with van der Waals surface area (Å²) in [6, 6.07) is 3.31. The maximum atomic E-state index is 13.1. The van der Waals surface area contributed by atoms with E-state index >= 15 is 0 Å². The number of aliphatic hydroxyl groups excluding tert-OH is 1. The Bertz CT molecular complexity index is 795. The number of aromatic nitrogens is 3. The van der Waals surface area contributed by atoms with Crippen LogP contribution in [0.2, 0.25) is 0 Å². The van der Waals surface area contributed by atoms with E-state index in [9.17, 15) is 18.0 Å². The Morgan fingerprint density at radius 3 is 2.86 bits per heavy atom. The van der Waals surface area contributed by atoms with Crippen LogP contribution in [-0.4, -0.2) is 56.4 Å². The SMILES string of the molecule is O=C(CN1CCCC1CCCO)Nc1cc(C(F)(F)F)ccc1-n1cncn1. The summed E-state index contributed by atoms with van der Waals surface area (Å²) in [5, 5.41) is 15.5. The summed E-state index contributed by atoms with van der Waals surface area (Å²) in [5.41, 5.74) is -0.526. The van der Waals surface area contributed by atoms with E-state index in [-0.39, 0.29) is 24.9 Å². The highest BCUT2D eigenvalue weighted by Gasteiger charge is 2.32. The first kappa shape index (κ1) is 20.3. The van der Waals surface area contributed by atoms with E-state index in [0.717, 1.165) is 37.9 Å². The van der Waals surface area contributed by atoms with Crippen molar-refractivity contribution in [2.45, 2.75) is 37.9 Å². The molecule has 0 spiro atoms. The van der Waals surface area contributed by atoms with Crippen molar-refractivity contribution < 1.29 is 23.1 Å². The Morgan fingerprint density at radius 2 is 2.18 bits per heavy atom. The molecule has 1 aromatic carbocycles. The number of aliphatic hydroxyl groups is 1. The van der Waals surface area contributed by atoms with Crippen LogP contribution in [0.25, 0.3) is 5.69 Å². The van der Waals surface area contributed by atoms with E-state index in [0.29, 0.717) is 12.1 Å². The number of benzene rings is 1. The van der Waals surface area contributed by atoms with Crippen molar-refractivity contribution in [2.75, 3.05) is 25.0 Å². The molecule has 7 nitrogen and oxygen atoms in total. The maximum absolute atomic E-state index is 13.1. The molecule has 1 amide bonds. The Kier molecular flexibility index (Phi) is 6.30. The van der Waals surface area contributed by atoms with Gasteiger partial charge in [0.25, 0.3) is 0 Å². The van der Waals surface area contributed by atoms with Crippen LogP contribution in [0.5, 0.6) is 0 Å². The number of rotatable bonds is 7. The van der Waals surface area contributed by atoms with Crippen molar-refractivity contribution in [2.24, 2.45) is 0 Å². The van der Waals surface area contributed by atoms with Gasteiger partial charge >= 0.3 is 6.18 Å². The van der Waals surface area contributed by atoms with Crippen molar-refractivity contribution in [3.05, 3.63) is 36.4 Å². The molecule has 0 bridgehead atoms. The second-order valence-electron chi connectivity index (χ2n) is 6.75. The van der Waals surface area contributed by atoms with Crippen molar-refractivity contribution in [3.63, 3.8) is 0 Å². The van der Waals surface area contributed by atoms with E-state index in [2.05, 4.69) is 15.4 Å². The smallest absolute Gasteiger partial charge is 0.396 e. The summed E-state index contributed by atoms with van der Waals surface area (Å²) in [6.07, 6.45) is 1.44. The van der Waals surface area contributed by atoms with Crippen LogP contribution in [-0.2, 0) is 11.0 Å². The van der Waals surface area contributed by atoms with E-state index in [4.69, 9.17) is 5.11 Å². The summed E-state index contributed by atoms with van der Waals surface area (Å²) in [5.74, 6) is -0.392. The number of anilines is 1. The van der Waals surface area contributed by atoms with Gasteiger partial charge in [0.2, 0.25) is 5.91 Å². The van der Waals surface area contributed by atoms with Crippen LogP contribution in [0, 0.1) is 0 Å². The molecular weight excluding hydrogens is 375 g/mol. The third-order valence-electron chi connectivity index (χ3n) is 4.80. The highest BCUT2D eigenvalue weighted by atomic mass is 19.4. The summed E-state index contributed by atoms with van der Waals surface area (Å²) in [6.45, 7) is 0.938. The number of hydrogen-bond donors (Lipinski definition) is 2. The average molecular weight is 397 g/mol. The number of halogens is 3. The zero-order chi connectivity index (χ0) is 20.1. The standard InChI is InChI=1S/C18H22F3N5O2/c19-18(20,21)13-5-6-16(26-12-22-11-23-26)15(9-13)24-17(28)10-25-7-1-3-14(25)4-2-8-27/h5-6,9,11-12,14,27H,1-4,7-8,10H2,(H,24,28). The quantitative estimate of drug-likeness (QED) is 0.750. The number of hydrogen-bond acceptors (Lipinski definition) is 5. The molecule has 0 aliphatic carbocycles. The number of amides is 1. The van der Waals surface area contributed by atoms with Crippen LogP contribution in [0.1, 0.15) is 31.2 Å². The van der Waals surface area contributed by atoms with Gasteiger partial charge in [-0.3, -0.25) is 9.69 Å². The minimum absolute atomic E-state index is 0.0245. The van der Waals surface area contributed by atoms with E-state index in [1.54, 1.807) is 0 Å². The molecule has 0 saturated carbocycles. The number of carbonyl (C=O) groups excluding carboxylic acids is 1. The third kappa shape index (κ3) is 4.87. The van der Waals surface area contributed by atoms with Crippen LogP contribution >= 0.6 is 0 Å². The molecule has 3 rings (SSSR count). The molecule has 1 atom stereocenters. The molecule has 2 N–H and O–H groups in total. The molecule has 10 heteroatoms. The molecule has 2 aromatic rings. The lowest BCUT2D eigenvalue weighted by molar-refractivity contribution is -0.137. The highest BCUT2D eigenvalue weighted by Crippen LogP contribution is 2.33. The largest absolute Gasteiger partial charge is 0.416 e. The number of alkyl halides is 3. The van der Waals surface area contributed by atoms with Gasteiger partial charge in [-0.1, -0.05) is 0 Å². The van der Waals surface area contributed by atoms with Crippen LogP contribution in [0.3, 0.4) is 0 Å². The van der Waals surface area contributed by atoms with E-state index in [1.165, 1.54) is 23.4 Å². The van der Waals surface area contributed by atoms with Gasteiger partial charge in [-0.2, -0.15) is 18.3 Å². The molecule has 1 aromatic heterocycles. The third-order valence-corrected chi connectivity index (χ3v) is 4.80. The molecule has 1 fully saturated rings. The van der Waals surface area contributed by atoms with Crippen molar-refractivity contribution in [3.8, 4) is 5.69 Å². The molecule has 1 aliphatic heterocycles. The first-order valence-electron chi connectivity index (χ1n) is 9.09. The summed E-state index contributed by atoms with van der Waals surface area (Å²) in [4.78, 5) is 18.3. The fourth-order valence-corrected chi connectivity index (χ4v) is 3.48. The van der Waals surface area contributed by atoms with Gasteiger partial charge < -0.3 is 10.4 Å². The van der Waals surface area contributed by atoms with Gasteiger partial charge in [0.1, 0.15) is 12.7 Å². The second kappa shape index (κ2) is 8.70. The normalized spacial score (nSPS) is 17.8. The van der Waals surface area contributed by atoms with E-state index < -0.39 is 17.6 Å². The zero-order valence-electron chi connectivity index (χ0n) is 15.2. The van der Waals surface area contributed by atoms with Gasteiger partial charge in [-0.15, -0.1) is 0 Å². The van der Waals surface area contributed by atoms with Crippen LogP contribution in [0.4, 0.5) is 18.9 Å². The van der Waals surface area contributed by atoms with Crippen LogP contribution < -0.4 is 5.32 Å². The summed E-state index contributed by atoms with van der Waals surface area (Å²) >= 11 is 0. The molecule has 1 unspecified atom stereocenters. The van der Waals surface area contributed by atoms with E-state index in [1.807, 2.05) is 4.90 Å². The number of carbonyl (C=O) groups is 1. The van der Waals surface area contributed by atoms with Gasteiger partial charge in [-0.25, -0.2) is 9.67 Å². The number of nitrogens with one attached hydrogen (secondary N) is 1. The Hall–Kier alpha value is -2.46. The predicted octanol–water partition coefficient (Wildman–Crippen LogP) is 2.46. The fraction of sp³-hybridized carbons (Fsp3) is 0.500. The first-order valence-corrected chi connectivity index (χ1v) is 9.09. The Balaban J connectivity index is 1.77. The van der Waals surface area contributed by atoms with Gasteiger partial charge in [0.15, 0.2) is 0 Å². The minimum Gasteiger partial charge on any atom is -0.396 e. The minimum atomic E-state index is -4.52. The van der Waals surface area contributed by atoms with Crippen molar-refractivity contribution in [1.29, 1.82) is 0 Å². The lowest BCUT2D eigenvalue weighted by Crippen LogP contribution is -2.37. The van der Waals surface area contributed by atoms with Gasteiger partial charge in [0.05, 0.1) is 23.5 Å². The first-order chi connectivity index (χ1) is 13.4. The van der Waals surface area contributed by atoms with Crippen LogP contribution in [0.15, 0.2) is 30.9 Å². The van der Waals surface area contributed by atoms with Crippen molar-refractivity contribution >= 4 is 11.6 Å². The second-order valence-corrected chi connectivity index (χ2v) is 6.75.